The fourth-order valence-electron chi connectivity index (χ4n) is 2.91. The minimum Gasteiger partial charge on any atom is -0.382 e. The SMILES string of the molecule is Cl.Cl.O=C(CC1COCCN1)Nc1ccc(NC2CCOCC2)cc1. The van der Waals surface area contributed by atoms with Crippen LogP contribution in [-0.2, 0) is 14.3 Å². The van der Waals surface area contributed by atoms with Gasteiger partial charge in [-0.25, -0.2) is 0 Å². The van der Waals surface area contributed by atoms with Gasteiger partial charge in [-0.05, 0) is 37.1 Å². The average Bonchev–Trinajstić information content (AvgIpc) is 2.58. The van der Waals surface area contributed by atoms with Crippen molar-refractivity contribution in [3.63, 3.8) is 0 Å². The first-order valence-electron chi connectivity index (χ1n) is 8.35. The van der Waals surface area contributed by atoms with E-state index in [1.807, 2.05) is 24.3 Å². The molecule has 0 bridgehead atoms. The second-order valence-electron chi connectivity index (χ2n) is 6.09. The Morgan fingerprint density at radius 2 is 1.72 bits per heavy atom. The maximum Gasteiger partial charge on any atom is 0.226 e. The summed E-state index contributed by atoms with van der Waals surface area (Å²) in [4.78, 5) is 12.0. The quantitative estimate of drug-likeness (QED) is 0.718. The molecule has 1 unspecified atom stereocenters. The highest BCUT2D eigenvalue weighted by atomic mass is 35.5. The Morgan fingerprint density at radius 3 is 2.36 bits per heavy atom. The Labute approximate surface area is 161 Å². The summed E-state index contributed by atoms with van der Waals surface area (Å²) in [5.41, 5.74) is 1.90. The third kappa shape index (κ3) is 7.38. The van der Waals surface area contributed by atoms with Crippen LogP contribution in [-0.4, -0.2) is 51.0 Å². The van der Waals surface area contributed by atoms with Crippen LogP contribution in [0.1, 0.15) is 19.3 Å². The first kappa shape index (κ1) is 22.0. The molecule has 2 heterocycles. The smallest absolute Gasteiger partial charge is 0.226 e. The van der Waals surface area contributed by atoms with E-state index in [-0.39, 0.29) is 36.8 Å². The van der Waals surface area contributed by atoms with E-state index in [2.05, 4.69) is 16.0 Å². The zero-order chi connectivity index (χ0) is 15.9. The molecule has 1 aromatic carbocycles. The summed E-state index contributed by atoms with van der Waals surface area (Å²) in [5.74, 6) is 0.0122. The Bertz CT molecular complexity index is 504. The fourth-order valence-corrected chi connectivity index (χ4v) is 2.91. The molecule has 142 valence electrons. The van der Waals surface area contributed by atoms with Crippen LogP contribution in [0.4, 0.5) is 11.4 Å². The van der Waals surface area contributed by atoms with Gasteiger partial charge in [0.05, 0.1) is 13.2 Å². The molecule has 1 amide bonds. The van der Waals surface area contributed by atoms with Crippen LogP contribution in [0, 0.1) is 0 Å². The highest BCUT2D eigenvalue weighted by molar-refractivity contribution is 5.91. The number of amides is 1. The van der Waals surface area contributed by atoms with Gasteiger partial charge in [-0.2, -0.15) is 0 Å². The van der Waals surface area contributed by atoms with Gasteiger partial charge in [0.2, 0.25) is 5.91 Å². The molecule has 0 saturated carbocycles. The average molecular weight is 392 g/mol. The number of benzene rings is 1. The largest absolute Gasteiger partial charge is 0.382 e. The lowest BCUT2D eigenvalue weighted by atomic mass is 10.1. The van der Waals surface area contributed by atoms with Crippen molar-refractivity contribution in [2.45, 2.75) is 31.3 Å². The van der Waals surface area contributed by atoms with Gasteiger partial charge in [0.1, 0.15) is 0 Å². The molecule has 2 aliphatic heterocycles. The van der Waals surface area contributed by atoms with E-state index in [1.165, 1.54) is 0 Å². The van der Waals surface area contributed by atoms with E-state index in [4.69, 9.17) is 9.47 Å². The molecule has 25 heavy (non-hydrogen) atoms. The summed E-state index contributed by atoms with van der Waals surface area (Å²) in [6.07, 6.45) is 2.51. The molecule has 6 nitrogen and oxygen atoms in total. The maximum atomic E-state index is 12.0. The highest BCUT2D eigenvalue weighted by Gasteiger charge is 2.17. The van der Waals surface area contributed by atoms with Crippen LogP contribution >= 0.6 is 24.8 Å². The third-order valence-electron chi connectivity index (χ3n) is 4.19. The lowest BCUT2D eigenvalue weighted by molar-refractivity contribution is -0.117. The van der Waals surface area contributed by atoms with Crippen LogP contribution < -0.4 is 16.0 Å². The number of anilines is 2. The van der Waals surface area contributed by atoms with Crippen molar-refractivity contribution in [1.82, 2.24) is 5.32 Å². The maximum absolute atomic E-state index is 12.0. The van der Waals surface area contributed by atoms with E-state index in [0.29, 0.717) is 19.1 Å². The zero-order valence-corrected chi connectivity index (χ0v) is 15.8. The zero-order valence-electron chi connectivity index (χ0n) is 14.2. The number of halogens is 2. The van der Waals surface area contributed by atoms with Crippen LogP contribution in [0.25, 0.3) is 0 Å². The first-order chi connectivity index (χ1) is 11.3. The predicted octanol–water partition coefficient (Wildman–Crippen LogP) is 2.44. The predicted molar refractivity (Wildman–Crippen MR) is 104 cm³/mol. The second kappa shape index (κ2) is 11.5. The van der Waals surface area contributed by atoms with Crippen molar-refractivity contribution in [1.29, 1.82) is 0 Å². The molecule has 0 radical (unpaired) electrons. The Hall–Kier alpha value is -1.05. The molecule has 2 fully saturated rings. The van der Waals surface area contributed by atoms with Gasteiger partial charge in [-0.3, -0.25) is 4.79 Å². The molecule has 0 spiro atoms. The number of hydrogen-bond donors (Lipinski definition) is 3. The van der Waals surface area contributed by atoms with Gasteiger partial charge in [-0.15, -0.1) is 24.8 Å². The molecule has 0 aliphatic carbocycles. The number of hydrogen-bond acceptors (Lipinski definition) is 5. The molecule has 0 aromatic heterocycles. The lowest BCUT2D eigenvalue weighted by Crippen LogP contribution is -2.43. The van der Waals surface area contributed by atoms with Crippen molar-refractivity contribution in [2.24, 2.45) is 0 Å². The van der Waals surface area contributed by atoms with Gasteiger partial charge < -0.3 is 25.4 Å². The van der Waals surface area contributed by atoms with E-state index in [0.717, 1.165) is 50.6 Å². The van der Waals surface area contributed by atoms with Crippen LogP contribution in [0.15, 0.2) is 24.3 Å². The fraction of sp³-hybridized carbons (Fsp3) is 0.588. The van der Waals surface area contributed by atoms with E-state index in [9.17, 15) is 4.79 Å². The standard InChI is InChI=1S/C17H25N3O3.2ClH/c21-17(11-16-12-23-10-7-18-16)20-14-3-1-13(2-4-14)19-15-5-8-22-9-6-15;;/h1-4,15-16,18-19H,5-12H2,(H,20,21);2*1H. The van der Waals surface area contributed by atoms with E-state index in [1.54, 1.807) is 0 Å². The van der Waals surface area contributed by atoms with Crippen molar-refractivity contribution < 1.29 is 14.3 Å². The number of nitrogens with one attached hydrogen (secondary N) is 3. The second-order valence-corrected chi connectivity index (χ2v) is 6.09. The number of morpholine rings is 1. The molecule has 2 aliphatic rings. The molecule has 3 N–H and O–H groups in total. The normalized spacial score (nSPS) is 20.7. The van der Waals surface area contributed by atoms with Crippen molar-refractivity contribution >= 4 is 42.1 Å². The number of ether oxygens (including phenoxy) is 2. The molecule has 3 rings (SSSR count). The summed E-state index contributed by atoms with van der Waals surface area (Å²) in [7, 11) is 0. The first-order valence-corrected chi connectivity index (χ1v) is 8.35. The van der Waals surface area contributed by atoms with Crippen molar-refractivity contribution in [3.05, 3.63) is 24.3 Å². The summed E-state index contributed by atoms with van der Waals surface area (Å²) in [6, 6.07) is 8.47. The highest BCUT2D eigenvalue weighted by Crippen LogP contribution is 2.18. The van der Waals surface area contributed by atoms with Gasteiger partial charge in [0, 0.05) is 49.6 Å². The summed E-state index contributed by atoms with van der Waals surface area (Å²) in [5, 5.41) is 9.73. The van der Waals surface area contributed by atoms with Gasteiger partial charge in [0.15, 0.2) is 0 Å². The van der Waals surface area contributed by atoms with Crippen LogP contribution in [0.5, 0.6) is 0 Å². The number of carbonyl (C=O) groups excluding carboxylic acids is 1. The molecular weight excluding hydrogens is 365 g/mol. The van der Waals surface area contributed by atoms with Crippen LogP contribution in [0.3, 0.4) is 0 Å². The third-order valence-corrected chi connectivity index (χ3v) is 4.19. The van der Waals surface area contributed by atoms with E-state index >= 15 is 0 Å². The van der Waals surface area contributed by atoms with Gasteiger partial charge in [0.25, 0.3) is 0 Å². The van der Waals surface area contributed by atoms with E-state index < -0.39 is 0 Å². The molecule has 2 saturated heterocycles. The Balaban J connectivity index is 0.00000156. The molecule has 1 aromatic rings. The van der Waals surface area contributed by atoms with Gasteiger partial charge >= 0.3 is 0 Å². The van der Waals surface area contributed by atoms with Crippen LogP contribution in [0.2, 0.25) is 0 Å². The minimum absolute atomic E-state index is 0. The van der Waals surface area contributed by atoms with Crippen molar-refractivity contribution in [2.75, 3.05) is 43.6 Å². The van der Waals surface area contributed by atoms with Crippen molar-refractivity contribution in [3.8, 4) is 0 Å². The summed E-state index contributed by atoms with van der Waals surface area (Å²) in [6.45, 7) is 3.78. The Kier molecular flexibility index (Phi) is 10.2. The molecule has 8 heteroatoms. The molecule has 1 atom stereocenters. The monoisotopic (exact) mass is 391 g/mol. The lowest BCUT2D eigenvalue weighted by Gasteiger charge is -2.24. The molecular formula is C17H27Cl2N3O3. The number of rotatable bonds is 5. The Morgan fingerprint density at radius 1 is 1.04 bits per heavy atom. The van der Waals surface area contributed by atoms with Gasteiger partial charge in [-0.1, -0.05) is 0 Å². The summed E-state index contributed by atoms with van der Waals surface area (Å²) < 4.78 is 10.7. The minimum atomic E-state index is 0. The topological polar surface area (TPSA) is 71.6 Å². The number of carbonyl (C=O) groups is 1. The summed E-state index contributed by atoms with van der Waals surface area (Å²) >= 11 is 0.